The van der Waals surface area contributed by atoms with Crippen molar-refractivity contribution in [2.75, 3.05) is 6.54 Å². The Kier molecular flexibility index (Phi) is 15.7. The first-order valence-electron chi connectivity index (χ1n) is 5.26. The van der Waals surface area contributed by atoms with Crippen molar-refractivity contribution in [3.05, 3.63) is 0 Å². The number of amides is 2. The van der Waals surface area contributed by atoms with E-state index in [-0.39, 0.29) is 16.9 Å². The van der Waals surface area contributed by atoms with Crippen molar-refractivity contribution in [2.45, 2.75) is 39.7 Å². The molecule has 1 fully saturated rings. The summed E-state index contributed by atoms with van der Waals surface area (Å²) >= 11 is 7.39. The molecule has 8 heteroatoms. The average molecular weight is 618 g/mol. The quantitative estimate of drug-likeness (QED) is 0.391. The number of hydrogen-bond acceptors (Lipinski definition) is 2. The Bertz CT molecular complexity index is 240. The number of β-lactam (4-membered cyclic amide) rings is 1. The zero-order valence-electron chi connectivity index (χ0n) is 10.1. The molecule has 4 nitrogen and oxygen atoms in total. The second-order valence-electron chi connectivity index (χ2n) is 2.86. The molecule has 2 amide bonds. The fourth-order valence-electron chi connectivity index (χ4n) is 1.24. The summed E-state index contributed by atoms with van der Waals surface area (Å²) in [6.07, 6.45) is 1.17. The van der Waals surface area contributed by atoms with Crippen molar-refractivity contribution in [1.82, 2.24) is 4.90 Å². The zero-order valence-corrected chi connectivity index (χ0v) is 18.0. The maximum absolute atomic E-state index is 10.9. The fraction of sp³-hybridized carbons (Fsp3) is 0.778. The summed E-state index contributed by atoms with van der Waals surface area (Å²) < 4.78 is 0. The molecule has 0 aromatic carbocycles. The van der Waals surface area contributed by atoms with E-state index in [0.29, 0.717) is 19.4 Å². The van der Waals surface area contributed by atoms with Gasteiger partial charge in [-0.05, 0) is 6.42 Å². The minimum atomic E-state index is -0.402. The van der Waals surface area contributed by atoms with E-state index in [0.717, 1.165) is 0 Å². The number of carbonyl (C=O) groups excluding carboxylic acids is 2. The second kappa shape index (κ2) is 12.7. The number of rotatable bonds is 3. The number of likely N-dealkylation sites (tertiary alicyclic amines) is 1. The predicted octanol–water partition coefficient (Wildman–Crippen LogP) is 3.16. The summed E-state index contributed by atoms with van der Waals surface area (Å²) in [4.78, 5) is 22.8. The molecule has 0 aromatic heterocycles. The maximum atomic E-state index is 10.9. The van der Waals surface area contributed by atoms with Gasteiger partial charge in [-0.3, -0.25) is 9.59 Å². The number of nitrogens with two attached hydrogens (primary N) is 1. The van der Waals surface area contributed by atoms with Gasteiger partial charge >= 0.3 is 64.9 Å². The molecule has 0 aromatic rings. The molecular formula is C9H18I3N2O2V. The van der Waals surface area contributed by atoms with Gasteiger partial charge in [0.15, 0.2) is 0 Å². The number of nitrogens with zero attached hydrogens (tertiary/aromatic N) is 1. The van der Waals surface area contributed by atoms with E-state index in [1.165, 1.54) is 4.90 Å². The van der Waals surface area contributed by atoms with E-state index in [1.807, 2.05) is 20.8 Å². The summed E-state index contributed by atoms with van der Waals surface area (Å²) in [6.45, 7) is 6.53. The molecule has 0 spiro atoms. The van der Waals surface area contributed by atoms with E-state index in [2.05, 4.69) is 59.9 Å². The molecule has 1 rings (SSSR count). The third kappa shape index (κ3) is 10.2. The standard InChI is InChI=1S/C7H12N2O2.C2H6.3HI.V/c1-2-5(7(8)11)9-4-3-6(9)10;1-2;;;;/h5H,2-4H2,1H3,(H2,8,11);1-2H3;3*1H;/q;;;;;+3/p-3. The Hall–Kier alpha value is 1.71. The average Bonchev–Trinajstić information content (AvgIpc) is 2.25. The van der Waals surface area contributed by atoms with Crippen LogP contribution in [-0.4, -0.2) is 29.3 Å². The van der Waals surface area contributed by atoms with Crippen LogP contribution in [0.15, 0.2) is 0 Å². The number of halogens is 3. The summed E-state index contributed by atoms with van der Waals surface area (Å²) in [7, 11) is 0. The molecule has 1 aliphatic rings. The van der Waals surface area contributed by atoms with Gasteiger partial charge in [0.05, 0.1) is 0 Å². The molecule has 2 N–H and O–H groups in total. The molecule has 17 heavy (non-hydrogen) atoms. The molecule has 0 radical (unpaired) electrons. The molecule has 1 unspecified atom stereocenters. The van der Waals surface area contributed by atoms with E-state index in [9.17, 15) is 9.59 Å². The second-order valence-corrected chi connectivity index (χ2v) is 38.2. The van der Waals surface area contributed by atoms with E-state index in [1.54, 1.807) is 0 Å². The van der Waals surface area contributed by atoms with Gasteiger partial charge in [0.1, 0.15) is 6.04 Å². The summed E-state index contributed by atoms with van der Waals surface area (Å²) in [5.41, 5.74) is 5.09. The molecule has 0 bridgehead atoms. The number of hydrogen-bond donors (Lipinski definition) is 1. The monoisotopic (exact) mass is 618 g/mol. The van der Waals surface area contributed by atoms with E-state index >= 15 is 0 Å². The number of carbonyl (C=O) groups is 2. The van der Waals surface area contributed by atoms with Crippen LogP contribution in [0, 0.1) is 0 Å². The first-order valence-corrected chi connectivity index (χ1v) is 18.8. The third-order valence-electron chi connectivity index (χ3n) is 1.98. The SMILES string of the molecule is CC.CCC(C(N)=O)N1CCC1=O.[I][V]([I])[I]. The Morgan fingerprint density at radius 1 is 1.47 bits per heavy atom. The van der Waals surface area contributed by atoms with Crippen LogP contribution in [0.1, 0.15) is 33.6 Å². The molecular weight excluding hydrogens is 600 g/mol. The molecule has 0 saturated carbocycles. The third-order valence-corrected chi connectivity index (χ3v) is 1.98. The first kappa shape index (κ1) is 21.0. The topological polar surface area (TPSA) is 63.4 Å². The Morgan fingerprint density at radius 3 is 1.94 bits per heavy atom. The van der Waals surface area contributed by atoms with Gasteiger partial charge in [-0.2, -0.15) is 0 Å². The van der Waals surface area contributed by atoms with Crippen molar-refractivity contribution in [3.8, 4) is 0 Å². The van der Waals surface area contributed by atoms with E-state index < -0.39 is 5.91 Å². The predicted molar refractivity (Wildman–Crippen MR) is 93.0 cm³/mol. The van der Waals surface area contributed by atoms with Gasteiger partial charge in [-0.1, -0.05) is 20.8 Å². The molecule has 102 valence electrons. The van der Waals surface area contributed by atoms with Crippen LogP contribution in [0.3, 0.4) is 0 Å². The van der Waals surface area contributed by atoms with E-state index in [4.69, 9.17) is 5.73 Å². The van der Waals surface area contributed by atoms with Gasteiger partial charge in [0.2, 0.25) is 11.8 Å². The summed E-state index contributed by atoms with van der Waals surface area (Å²) in [5.74, 6) is -0.365. The first-order chi connectivity index (χ1) is 7.90. The number of primary amides is 1. The fourth-order valence-corrected chi connectivity index (χ4v) is 1.24. The Morgan fingerprint density at radius 2 is 1.88 bits per heavy atom. The van der Waals surface area contributed by atoms with Crippen molar-refractivity contribution in [2.24, 2.45) is 5.73 Å². The van der Waals surface area contributed by atoms with Crippen LogP contribution in [0.4, 0.5) is 0 Å². The molecule has 1 aliphatic heterocycles. The minimum absolute atomic E-state index is 0.0376. The van der Waals surface area contributed by atoms with Crippen LogP contribution in [-0.2, 0) is 14.5 Å². The van der Waals surface area contributed by atoms with Crippen LogP contribution < -0.4 is 5.73 Å². The summed E-state index contributed by atoms with van der Waals surface area (Å²) in [5, 5.41) is 0. The van der Waals surface area contributed by atoms with Crippen molar-refractivity contribution in [1.29, 1.82) is 0 Å². The van der Waals surface area contributed by atoms with Crippen LogP contribution in [0.5, 0.6) is 0 Å². The van der Waals surface area contributed by atoms with Crippen molar-refractivity contribution in [3.63, 3.8) is 0 Å². The molecule has 1 saturated heterocycles. The Balaban J connectivity index is 0. The summed E-state index contributed by atoms with van der Waals surface area (Å²) in [6, 6.07) is -0.378. The van der Waals surface area contributed by atoms with Gasteiger partial charge in [-0.15, -0.1) is 0 Å². The Labute approximate surface area is 141 Å². The van der Waals surface area contributed by atoms with Crippen molar-refractivity contribution >= 4 is 71.8 Å². The van der Waals surface area contributed by atoms with Crippen LogP contribution >= 0.6 is 59.9 Å². The normalized spacial score (nSPS) is 15.0. The van der Waals surface area contributed by atoms with Crippen LogP contribution in [0.25, 0.3) is 0 Å². The molecule has 1 atom stereocenters. The van der Waals surface area contributed by atoms with Crippen LogP contribution in [0.2, 0.25) is 0 Å². The van der Waals surface area contributed by atoms with Gasteiger partial charge in [-0.25, -0.2) is 0 Å². The molecule has 1 heterocycles. The zero-order chi connectivity index (χ0) is 14.0. The van der Waals surface area contributed by atoms with Gasteiger partial charge < -0.3 is 10.6 Å². The van der Waals surface area contributed by atoms with Gasteiger partial charge in [0.25, 0.3) is 0 Å². The van der Waals surface area contributed by atoms with Crippen molar-refractivity contribution < 1.29 is 14.5 Å². The van der Waals surface area contributed by atoms with Gasteiger partial charge in [0, 0.05) is 13.0 Å². The molecule has 0 aliphatic carbocycles.